The van der Waals surface area contributed by atoms with Crippen molar-refractivity contribution < 1.29 is 38.9 Å². The molecule has 0 spiro atoms. The van der Waals surface area contributed by atoms with Gasteiger partial charge in [0.1, 0.15) is 24.1 Å². The third-order valence-electron chi connectivity index (χ3n) is 13.2. The number of ether oxygens (including phenoxy) is 3. The summed E-state index contributed by atoms with van der Waals surface area (Å²) < 4.78 is 20.4. The molecule has 0 aromatic heterocycles. The first kappa shape index (κ1) is 45.3. The maximum Gasteiger partial charge on any atom is 0.412 e. The number of nitrogens with one attached hydrogen (secondary N) is 1. The van der Waals surface area contributed by atoms with Crippen LogP contribution in [0.4, 0.5) is 4.79 Å². The fraction of sp³-hybridized carbons (Fsp3) is 0.352. The highest BCUT2D eigenvalue weighted by Gasteiger charge is 2.65. The number of oxime groups is 1. The first-order chi connectivity index (χ1) is 31.8. The number of carbonyl (C=O) groups excluding carboxylic acids is 2. The highest BCUT2D eigenvalue weighted by Crippen LogP contribution is 2.62. The standard InChI is InChI=1S/C54H59N3O8/c1-3-30-62-54-49(57(2)52(60)42-25-24-39-20-10-11-21-40(39)31-42)34-47(56-63-36-38-18-8-5-9-19-38)45-32-41(22-12-14-28-58)44(23-13-15-29-59)50(51(45)54)46-33-43(26-27-48(46)65-54)64-53(61)55-35-37-16-6-4-7-17-37/h3-11,16-21,24-27,31-33,41,44,49-51,58-59H,1,12-15,22-23,28-30,34-36H2,2H3,(H,55,61)/t41-,44+,49-,50+,51+,54+/m0/s1. The summed E-state index contributed by atoms with van der Waals surface area (Å²) in [5, 5.41) is 29.7. The molecule has 0 unspecified atom stereocenters. The normalized spacial score (nSPS) is 22.5. The number of benzene rings is 5. The molecule has 3 N–H and O–H groups in total. The Bertz CT molecular complexity index is 2490. The average molecular weight is 878 g/mol. The zero-order chi connectivity index (χ0) is 45.2. The van der Waals surface area contributed by atoms with E-state index in [1.807, 2.05) is 115 Å². The van der Waals surface area contributed by atoms with Crippen LogP contribution in [0.1, 0.15) is 77.9 Å². The lowest BCUT2D eigenvalue weighted by Crippen LogP contribution is -2.69. The summed E-state index contributed by atoms with van der Waals surface area (Å²) in [6.07, 6.45) is 8.10. The molecule has 2 aliphatic carbocycles. The molecule has 1 fully saturated rings. The maximum absolute atomic E-state index is 14.9. The number of nitrogens with zero attached hydrogens (tertiary/aromatic N) is 2. The number of hydrogen-bond donors (Lipinski definition) is 3. The Labute approximate surface area is 381 Å². The number of amides is 2. The van der Waals surface area contributed by atoms with E-state index >= 15 is 0 Å². The van der Waals surface area contributed by atoms with Gasteiger partial charge in [0.25, 0.3) is 5.91 Å². The zero-order valence-corrected chi connectivity index (χ0v) is 37.0. The SMILES string of the molecule is C=CCO[C@@]12Oc3ccc(OC(=O)NCc4ccccc4)cc3[C@H]3[C@H](CCCCO)[C@@H](CCCCO)C=C(C(=NOCc4ccccc4)C[C@@H]1N(C)C(=O)c1ccc4ccccc4c1)[C@H]32. The van der Waals surface area contributed by atoms with E-state index in [2.05, 4.69) is 18.0 Å². The van der Waals surface area contributed by atoms with E-state index in [4.69, 9.17) is 24.2 Å². The third kappa shape index (κ3) is 10.0. The Morgan fingerprint density at radius 2 is 1.57 bits per heavy atom. The van der Waals surface area contributed by atoms with Crippen LogP contribution in [0.2, 0.25) is 0 Å². The van der Waals surface area contributed by atoms with Gasteiger partial charge in [-0.05, 0) is 95.3 Å². The van der Waals surface area contributed by atoms with Crippen molar-refractivity contribution in [3.63, 3.8) is 0 Å². The van der Waals surface area contributed by atoms with Crippen molar-refractivity contribution in [1.29, 1.82) is 0 Å². The number of aliphatic hydroxyl groups excluding tert-OH is 2. The number of allylic oxidation sites excluding steroid dienone is 1. The Balaban J connectivity index is 1.26. The Kier molecular flexibility index (Phi) is 14.7. The average Bonchev–Trinajstić information content (AvgIpc) is 3.34. The van der Waals surface area contributed by atoms with Crippen LogP contribution in [0.3, 0.4) is 0 Å². The van der Waals surface area contributed by atoms with E-state index < -0.39 is 23.8 Å². The molecule has 2 amide bonds. The van der Waals surface area contributed by atoms with Gasteiger partial charge in [0, 0.05) is 50.3 Å². The third-order valence-corrected chi connectivity index (χ3v) is 13.2. The van der Waals surface area contributed by atoms with E-state index in [1.54, 1.807) is 24.1 Å². The van der Waals surface area contributed by atoms with Gasteiger partial charge in [-0.3, -0.25) is 4.79 Å². The largest absolute Gasteiger partial charge is 0.459 e. The molecule has 1 aliphatic heterocycles. The summed E-state index contributed by atoms with van der Waals surface area (Å²) in [5.74, 6) is -1.49. The smallest absolute Gasteiger partial charge is 0.412 e. The molecule has 11 nitrogen and oxygen atoms in total. The van der Waals surface area contributed by atoms with Crippen molar-refractivity contribution in [3.05, 3.63) is 168 Å². The summed E-state index contributed by atoms with van der Waals surface area (Å²) in [6.45, 7) is 4.88. The lowest BCUT2D eigenvalue weighted by molar-refractivity contribution is -0.252. The second kappa shape index (κ2) is 21.1. The van der Waals surface area contributed by atoms with Gasteiger partial charge in [-0.25, -0.2) is 4.79 Å². The lowest BCUT2D eigenvalue weighted by atomic mass is 9.55. The number of aliphatic hydroxyl groups is 2. The molecule has 338 valence electrons. The molecule has 0 saturated heterocycles. The number of unbranched alkanes of at least 4 members (excludes halogenated alkanes) is 2. The Hall–Kier alpha value is -6.27. The Morgan fingerprint density at radius 1 is 0.862 bits per heavy atom. The number of fused-ring (bicyclic) bond motifs is 3. The molecule has 1 saturated carbocycles. The first-order valence-corrected chi connectivity index (χ1v) is 22.8. The molecular formula is C54H59N3O8. The predicted molar refractivity (Wildman–Crippen MR) is 252 cm³/mol. The molecular weight excluding hydrogens is 819 g/mol. The highest BCUT2D eigenvalue weighted by atomic mass is 16.7. The van der Waals surface area contributed by atoms with E-state index in [0.29, 0.717) is 42.2 Å². The van der Waals surface area contributed by atoms with Crippen LogP contribution in [0, 0.1) is 17.8 Å². The van der Waals surface area contributed by atoms with Crippen molar-refractivity contribution in [1.82, 2.24) is 10.2 Å². The van der Waals surface area contributed by atoms with E-state index in [0.717, 1.165) is 58.7 Å². The molecule has 1 heterocycles. The molecule has 65 heavy (non-hydrogen) atoms. The summed E-state index contributed by atoms with van der Waals surface area (Å²) in [5.41, 5.74) is 4.90. The number of rotatable bonds is 19. The van der Waals surface area contributed by atoms with Crippen molar-refractivity contribution in [2.24, 2.45) is 22.9 Å². The number of hydrogen-bond acceptors (Lipinski definition) is 9. The quantitative estimate of drug-likeness (QED) is 0.0424. The van der Waals surface area contributed by atoms with Gasteiger partial charge >= 0.3 is 6.09 Å². The lowest BCUT2D eigenvalue weighted by Gasteiger charge is -2.59. The summed E-state index contributed by atoms with van der Waals surface area (Å²) in [6, 6.07) is 38.0. The summed E-state index contributed by atoms with van der Waals surface area (Å²) in [4.78, 5) is 36.2. The number of carbonyl (C=O) groups is 2. The topological polar surface area (TPSA) is 139 Å². The molecule has 0 bridgehead atoms. The minimum absolute atomic E-state index is 0.00256. The van der Waals surface area contributed by atoms with Gasteiger partial charge in [-0.2, -0.15) is 0 Å². The van der Waals surface area contributed by atoms with E-state index in [9.17, 15) is 19.8 Å². The second-order valence-electron chi connectivity index (χ2n) is 17.2. The van der Waals surface area contributed by atoms with Gasteiger partial charge in [-0.1, -0.05) is 121 Å². The van der Waals surface area contributed by atoms with Crippen LogP contribution in [0.15, 0.2) is 151 Å². The summed E-state index contributed by atoms with van der Waals surface area (Å²) in [7, 11) is 1.80. The maximum atomic E-state index is 14.9. The van der Waals surface area contributed by atoms with Gasteiger partial charge in [0.15, 0.2) is 0 Å². The minimum Gasteiger partial charge on any atom is -0.459 e. The minimum atomic E-state index is -1.43. The molecule has 0 radical (unpaired) electrons. The number of likely N-dealkylation sites (N-methyl/N-ethyl adjacent to an activating group) is 1. The molecule has 5 aromatic rings. The molecule has 3 aliphatic rings. The van der Waals surface area contributed by atoms with Crippen LogP contribution < -0.4 is 14.8 Å². The van der Waals surface area contributed by atoms with Gasteiger partial charge in [0.2, 0.25) is 5.79 Å². The fourth-order valence-electron chi connectivity index (χ4n) is 10.1. The zero-order valence-electron chi connectivity index (χ0n) is 37.0. The predicted octanol–water partition coefficient (Wildman–Crippen LogP) is 9.73. The molecule has 8 rings (SSSR count). The Morgan fingerprint density at radius 3 is 2.31 bits per heavy atom. The fourth-order valence-corrected chi connectivity index (χ4v) is 10.1. The highest BCUT2D eigenvalue weighted by molar-refractivity contribution is 6.04. The van der Waals surface area contributed by atoms with Crippen LogP contribution in [0.25, 0.3) is 10.8 Å². The van der Waals surface area contributed by atoms with Gasteiger partial charge < -0.3 is 39.5 Å². The van der Waals surface area contributed by atoms with Crippen LogP contribution in [-0.2, 0) is 22.7 Å². The van der Waals surface area contributed by atoms with Crippen LogP contribution >= 0.6 is 0 Å². The molecule has 11 heteroatoms. The van der Waals surface area contributed by atoms with Crippen molar-refractivity contribution >= 4 is 28.5 Å². The summed E-state index contributed by atoms with van der Waals surface area (Å²) >= 11 is 0. The van der Waals surface area contributed by atoms with Crippen LogP contribution in [-0.4, -0.2) is 71.5 Å². The van der Waals surface area contributed by atoms with Gasteiger partial charge in [-0.15, -0.1) is 6.58 Å². The van der Waals surface area contributed by atoms with Crippen molar-refractivity contribution in [2.45, 2.75) is 75.8 Å². The first-order valence-electron chi connectivity index (χ1n) is 22.8. The molecule has 6 atom stereocenters. The van der Waals surface area contributed by atoms with Crippen molar-refractivity contribution in [3.8, 4) is 11.5 Å². The second-order valence-corrected chi connectivity index (χ2v) is 17.2. The van der Waals surface area contributed by atoms with E-state index in [-0.39, 0.29) is 56.5 Å². The van der Waals surface area contributed by atoms with Gasteiger partial charge in [0.05, 0.1) is 18.2 Å². The van der Waals surface area contributed by atoms with Crippen LogP contribution in [0.5, 0.6) is 11.5 Å². The van der Waals surface area contributed by atoms with Crippen molar-refractivity contribution in [2.75, 3.05) is 26.9 Å². The monoisotopic (exact) mass is 877 g/mol. The molecule has 5 aromatic carbocycles. The van der Waals surface area contributed by atoms with E-state index in [1.165, 1.54) is 0 Å².